The third-order valence-electron chi connectivity index (χ3n) is 2.04. The van der Waals surface area contributed by atoms with E-state index in [1.165, 1.54) is 14.0 Å². The molecule has 2 N–H and O–H groups in total. The summed E-state index contributed by atoms with van der Waals surface area (Å²) in [6.45, 7) is 0.827. The highest BCUT2D eigenvalue weighted by molar-refractivity contribution is 5.76. The van der Waals surface area contributed by atoms with E-state index in [2.05, 4.69) is 0 Å². The summed E-state index contributed by atoms with van der Waals surface area (Å²) < 4.78 is 10.2. The predicted octanol–water partition coefficient (Wildman–Crippen LogP) is 0.910. The molecule has 0 amide bonds. The Morgan fingerprint density at radius 2 is 1.94 bits per heavy atom. The van der Waals surface area contributed by atoms with Gasteiger partial charge in [0.2, 0.25) is 0 Å². The summed E-state index contributed by atoms with van der Waals surface area (Å²) in [5, 5.41) is 18.1. The lowest BCUT2D eigenvalue weighted by atomic mass is 10.1. The van der Waals surface area contributed by atoms with Gasteiger partial charge in [-0.3, -0.25) is 0 Å². The molecule has 0 heterocycles. The summed E-state index contributed by atoms with van der Waals surface area (Å²) in [7, 11) is 1.48. The summed E-state index contributed by atoms with van der Waals surface area (Å²) in [6.07, 6.45) is 0. The average Bonchev–Trinajstić information content (AvgIpc) is 2.26. The molecule has 1 atom stereocenters. The fourth-order valence-corrected chi connectivity index (χ4v) is 1.02. The van der Waals surface area contributed by atoms with Crippen molar-refractivity contribution in [1.82, 2.24) is 0 Å². The van der Waals surface area contributed by atoms with Gasteiger partial charge in [0.15, 0.2) is 17.1 Å². The van der Waals surface area contributed by atoms with Crippen LogP contribution in [0.3, 0.4) is 0 Å². The molecular formula is C11H14O5. The topological polar surface area (TPSA) is 76.0 Å². The van der Waals surface area contributed by atoms with Gasteiger partial charge >= 0.3 is 5.97 Å². The Hall–Kier alpha value is -1.75. The Labute approximate surface area is 93.2 Å². The minimum absolute atomic E-state index is 0.345. The number of hydrogen-bond donors (Lipinski definition) is 2. The van der Waals surface area contributed by atoms with Gasteiger partial charge in [-0.15, -0.1) is 0 Å². The quantitative estimate of drug-likeness (QED) is 0.780. The molecule has 0 radical (unpaired) electrons. The van der Waals surface area contributed by atoms with Crippen LogP contribution in [-0.2, 0) is 4.79 Å². The van der Waals surface area contributed by atoms with Crippen molar-refractivity contribution in [2.45, 2.75) is 12.5 Å². The van der Waals surface area contributed by atoms with Crippen LogP contribution in [0.2, 0.25) is 0 Å². The van der Waals surface area contributed by atoms with Crippen LogP contribution in [0.1, 0.15) is 6.92 Å². The van der Waals surface area contributed by atoms with E-state index in [9.17, 15) is 9.90 Å². The first-order valence-electron chi connectivity index (χ1n) is 4.69. The lowest BCUT2D eigenvalue weighted by Crippen LogP contribution is -2.41. The van der Waals surface area contributed by atoms with E-state index in [1.54, 1.807) is 24.3 Å². The second-order valence-corrected chi connectivity index (χ2v) is 3.52. The lowest BCUT2D eigenvalue weighted by Gasteiger charge is -2.19. The monoisotopic (exact) mass is 226 g/mol. The van der Waals surface area contributed by atoms with Crippen LogP contribution in [-0.4, -0.2) is 35.5 Å². The number of para-hydroxylation sites is 2. The zero-order valence-electron chi connectivity index (χ0n) is 9.14. The second kappa shape index (κ2) is 4.85. The van der Waals surface area contributed by atoms with Gasteiger partial charge in [0.05, 0.1) is 7.11 Å². The van der Waals surface area contributed by atoms with Crippen molar-refractivity contribution in [3.05, 3.63) is 24.3 Å². The highest BCUT2D eigenvalue weighted by atomic mass is 16.5. The maximum Gasteiger partial charge on any atom is 0.339 e. The number of aliphatic hydroxyl groups is 1. The SMILES string of the molecule is COc1ccccc1OCC(C)(O)C(=O)O. The van der Waals surface area contributed by atoms with E-state index in [0.29, 0.717) is 11.5 Å². The number of carbonyl (C=O) groups is 1. The fourth-order valence-electron chi connectivity index (χ4n) is 1.02. The Morgan fingerprint density at radius 1 is 1.38 bits per heavy atom. The van der Waals surface area contributed by atoms with E-state index in [-0.39, 0.29) is 6.61 Å². The molecule has 1 aromatic carbocycles. The second-order valence-electron chi connectivity index (χ2n) is 3.52. The maximum atomic E-state index is 10.6. The first-order valence-corrected chi connectivity index (χ1v) is 4.69. The summed E-state index contributed by atoms with van der Waals surface area (Å²) in [5.41, 5.74) is -1.92. The molecule has 0 aromatic heterocycles. The van der Waals surface area contributed by atoms with Gasteiger partial charge in [0.1, 0.15) is 6.61 Å². The lowest BCUT2D eigenvalue weighted by molar-refractivity contribution is -0.159. The molecule has 0 aliphatic carbocycles. The summed E-state index contributed by atoms with van der Waals surface area (Å²) in [5.74, 6) is -0.447. The zero-order chi connectivity index (χ0) is 12.2. The molecule has 5 nitrogen and oxygen atoms in total. The standard InChI is InChI=1S/C11H14O5/c1-11(14,10(12)13)7-16-9-6-4-3-5-8(9)15-2/h3-6,14H,7H2,1-2H3,(H,12,13). The predicted molar refractivity (Wildman–Crippen MR) is 56.7 cm³/mol. The van der Waals surface area contributed by atoms with E-state index >= 15 is 0 Å². The number of hydrogen-bond acceptors (Lipinski definition) is 4. The van der Waals surface area contributed by atoms with Crippen LogP contribution < -0.4 is 9.47 Å². The van der Waals surface area contributed by atoms with Crippen LogP contribution in [0.25, 0.3) is 0 Å². The summed E-state index contributed by atoms with van der Waals surface area (Å²) in [6, 6.07) is 6.82. The Morgan fingerprint density at radius 3 is 2.44 bits per heavy atom. The molecule has 16 heavy (non-hydrogen) atoms. The molecule has 0 aliphatic heterocycles. The van der Waals surface area contributed by atoms with Gasteiger partial charge in [-0.05, 0) is 19.1 Å². The van der Waals surface area contributed by atoms with Crippen LogP contribution in [0.15, 0.2) is 24.3 Å². The number of rotatable bonds is 5. The van der Waals surface area contributed by atoms with Crippen molar-refractivity contribution in [2.24, 2.45) is 0 Å². The van der Waals surface area contributed by atoms with Gasteiger partial charge < -0.3 is 19.7 Å². The van der Waals surface area contributed by atoms with Crippen molar-refractivity contribution in [2.75, 3.05) is 13.7 Å². The third-order valence-corrected chi connectivity index (χ3v) is 2.04. The van der Waals surface area contributed by atoms with Crippen molar-refractivity contribution in [3.63, 3.8) is 0 Å². The van der Waals surface area contributed by atoms with E-state index in [1.807, 2.05) is 0 Å². The van der Waals surface area contributed by atoms with Crippen molar-refractivity contribution in [1.29, 1.82) is 0 Å². The summed E-state index contributed by atoms with van der Waals surface area (Å²) in [4.78, 5) is 10.6. The molecule has 5 heteroatoms. The van der Waals surface area contributed by atoms with Crippen LogP contribution in [0.4, 0.5) is 0 Å². The number of carboxylic acids is 1. The molecule has 0 bridgehead atoms. The number of ether oxygens (including phenoxy) is 2. The summed E-state index contributed by atoms with van der Waals surface area (Å²) >= 11 is 0. The molecule has 1 unspecified atom stereocenters. The van der Waals surface area contributed by atoms with E-state index < -0.39 is 11.6 Å². The van der Waals surface area contributed by atoms with E-state index in [4.69, 9.17) is 14.6 Å². The molecule has 88 valence electrons. The molecular weight excluding hydrogens is 212 g/mol. The molecule has 0 spiro atoms. The normalized spacial score (nSPS) is 13.9. The van der Waals surface area contributed by atoms with Gasteiger partial charge in [0, 0.05) is 0 Å². The molecule has 1 rings (SSSR count). The van der Waals surface area contributed by atoms with E-state index in [0.717, 1.165) is 0 Å². The van der Waals surface area contributed by atoms with Crippen molar-refractivity contribution < 1.29 is 24.5 Å². The van der Waals surface area contributed by atoms with Crippen LogP contribution in [0, 0.1) is 0 Å². The first-order chi connectivity index (χ1) is 7.47. The number of carboxylic acid groups (broad SMARTS) is 1. The highest BCUT2D eigenvalue weighted by Gasteiger charge is 2.31. The number of methoxy groups -OCH3 is 1. The third kappa shape index (κ3) is 2.87. The fraction of sp³-hybridized carbons (Fsp3) is 0.364. The molecule has 0 aliphatic rings. The van der Waals surface area contributed by atoms with Crippen molar-refractivity contribution >= 4 is 5.97 Å². The number of aliphatic carboxylic acids is 1. The Kier molecular flexibility index (Phi) is 3.73. The maximum absolute atomic E-state index is 10.6. The molecule has 1 aromatic rings. The molecule has 0 saturated heterocycles. The van der Waals surface area contributed by atoms with Gasteiger partial charge in [0.25, 0.3) is 0 Å². The molecule has 0 fully saturated rings. The van der Waals surface area contributed by atoms with Crippen LogP contribution in [0.5, 0.6) is 11.5 Å². The van der Waals surface area contributed by atoms with Gasteiger partial charge in [-0.2, -0.15) is 0 Å². The zero-order valence-corrected chi connectivity index (χ0v) is 9.14. The van der Waals surface area contributed by atoms with Crippen molar-refractivity contribution in [3.8, 4) is 11.5 Å². The highest BCUT2D eigenvalue weighted by Crippen LogP contribution is 2.26. The van der Waals surface area contributed by atoms with Gasteiger partial charge in [-0.1, -0.05) is 12.1 Å². The largest absolute Gasteiger partial charge is 0.493 e. The Balaban J connectivity index is 2.71. The average molecular weight is 226 g/mol. The minimum Gasteiger partial charge on any atom is -0.493 e. The number of benzene rings is 1. The smallest absolute Gasteiger partial charge is 0.339 e. The Bertz CT molecular complexity index is 372. The first kappa shape index (κ1) is 12.3. The molecule has 0 saturated carbocycles. The van der Waals surface area contributed by atoms with Crippen LogP contribution >= 0.6 is 0 Å². The minimum atomic E-state index is -1.92. The van der Waals surface area contributed by atoms with Gasteiger partial charge in [-0.25, -0.2) is 4.79 Å².